The number of ether oxygens (including phenoxy) is 3. The standard InChI is InChI=1S/C21H22N2O5S/c1-11(2)28-17-13(7-6-8-14(17)26-4)9-10-15-22-19(24)16-12(3)18(21(25)27-5)29-20(16)23-15/h6-11H,1-5H3,(H,22,23,24)/b10-9+. The van der Waals surface area contributed by atoms with Crippen LogP contribution in [0.4, 0.5) is 0 Å². The molecule has 0 amide bonds. The molecule has 1 N–H and O–H groups in total. The molecule has 3 aromatic rings. The highest BCUT2D eigenvalue weighted by molar-refractivity contribution is 7.20. The molecular formula is C21H22N2O5S. The van der Waals surface area contributed by atoms with Crippen LogP contribution in [0.1, 0.15) is 40.5 Å². The SMILES string of the molecule is COC(=O)c1sc2nc(/C=C/c3cccc(OC)c3OC(C)C)[nH]c(=O)c2c1C. The zero-order valence-corrected chi connectivity index (χ0v) is 17.7. The fourth-order valence-corrected chi connectivity index (χ4v) is 3.99. The molecular weight excluding hydrogens is 392 g/mol. The third kappa shape index (κ3) is 4.17. The molecule has 0 fully saturated rings. The van der Waals surface area contributed by atoms with E-state index in [1.165, 1.54) is 7.11 Å². The number of hydrogen-bond acceptors (Lipinski definition) is 7. The van der Waals surface area contributed by atoms with Gasteiger partial charge in [0, 0.05) is 5.56 Å². The van der Waals surface area contributed by atoms with Crippen LogP contribution < -0.4 is 15.0 Å². The van der Waals surface area contributed by atoms with Gasteiger partial charge in [0.15, 0.2) is 11.5 Å². The molecule has 0 aliphatic heterocycles. The summed E-state index contributed by atoms with van der Waals surface area (Å²) in [5.41, 5.74) is 1.06. The van der Waals surface area contributed by atoms with Gasteiger partial charge in [-0.2, -0.15) is 0 Å². The van der Waals surface area contributed by atoms with Crippen molar-refractivity contribution in [3.05, 3.63) is 50.4 Å². The van der Waals surface area contributed by atoms with Gasteiger partial charge in [0.25, 0.3) is 5.56 Å². The summed E-state index contributed by atoms with van der Waals surface area (Å²) >= 11 is 1.14. The molecule has 0 radical (unpaired) electrons. The summed E-state index contributed by atoms with van der Waals surface area (Å²) in [6.07, 6.45) is 3.46. The first kappa shape index (κ1) is 20.6. The Kier molecular flexibility index (Phi) is 6.03. The summed E-state index contributed by atoms with van der Waals surface area (Å²) in [5, 5.41) is 0.401. The first-order chi connectivity index (χ1) is 13.8. The maximum Gasteiger partial charge on any atom is 0.348 e. The number of rotatable bonds is 6. The summed E-state index contributed by atoms with van der Waals surface area (Å²) in [6, 6.07) is 5.57. The van der Waals surface area contributed by atoms with E-state index >= 15 is 0 Å². The largest absolute Gasteiger partial charge is 0.493 e. The van der Waals surface area contributed by atoms with Crippen molar-refractivity contribution in [1.82, 2.24) is 9.97 Å². The van der Waals surface area contributed by atoms with Crippen molar-refractivity contribution in [3.63, 3.8) is 0 Å². The predicted molar refractivity (Wildman–Crippen MR) is 114 cm³/mol. The van der Waals surface area contributed by atoms with E-state index in [2.05, 4.69) is 9.97 Å². The van der Waals surface area contributed by atoms with Crippen molar-refractivity contribution in [2.24, 2.45) is 0 Å². The Morgan fingerprint density at radius 2 is 2.00 bits per heavy atom. The summed E-state index contributed by atoms with van der Waals surface area (Å²) in [5.74, 6) is 1.13. The first-order valence-corrected chi connectivity index (χ1v) is 9.80. The highest BCUT2D eigenvalue weighted by Crippen LogP contribution is 2.33. The summed E-state index contributed by atoms with van der Waals surface area (Å²) in [6.45, 7) is 5.58. The number of hydrogen-bond donors (Lipinski definition) is 1. The fourth-order valence-electron chi connectivity index (χ4n) is 2.88. The second kappa shape index (κ2) is 8.48. The van der Waals surface area contributed by atoms with Crippen LogP contribution in [0.15, 0.2) is 23.0 Å². The maximum absolute atomic E-state index is 12.5. The number of esters is 1. The van der Waals surface area contributed by atoms with Gasteiger partial charge in [0.05, 0.1) is 25.7 Å². The van der Waals surface area contributed by atoms with Crippen LogP contribution in [0.3, 0.4) is 0 Å². The molecule has 0 spiro atoms. The van der Waals surface area contributed by atoms with Crippen LogP contribution in [-0.2, 0) is 4.74 Å². The Morgan fingerprint density at radius 1 is 1.24 bits per heavy atom. The average molecular weight is 414 g/mol. The number of aromatic nitrogens is 2. The molecule has 0 aliphatic carbocycles. The number of fused-ring (bicyclic) bond motifs is 1. The van der Waals surface area contributed by atoms with Crippen molar-refractivity contribution in [1.29, 1.82) is 0 Å². The Bertz CT molecular complexity index is 1140. The number of nitrogens with zero attached hydrogens (tertiary/aromatic N) is 1. The number of carbonyl (C=O) groups is 1. The van der Waals surface area contributed by atoms with Crippen LogP contribution >= 0.6 is 11.3 Å². The maximum atomic E-state index is 12.5. The number of thiophene rings is 1. The van der Waals surface area contributed by atoms with Gasteiger partial charge >= 0.3 is 5.97 Å². The van der Waals surface area contributed by atoms with Gasteiger partial charge in [-0.05, 0) is 44.6 Å². The molecule has 0 saturated carbocycles. The smallest absolute Gasteiger partial charge is 0.348 e. The quantitative estimate of drug-likeness (QED) is 0.612. The lowest BCUT2D eigenvalue weighted by molar-refractivity contribution is 0.0605. The lowest BCUT2D eigenvalue weighted by atomic mass is 10.1. The molecule has 152 valence electrons. The van der Waals surface area contributed by atoms with Gasteiger partial charge < -0.3 is 19.2 Å². The molecule has 29 heavy (non-hydrogen) atoms. The van der Waals surface area contributed by atoms with Gasteiger partial charge in [0.2, 0.25) is 0 Å². The summed E-state index contributed by atoms with van der Waals surface area (Å²) in [4.78, 5) is 32.5. The Morgan fingerprint density at radius 3 is 2.66 bits per heavy atom. The van der Waals surface area contributed by atoms with Crippen molar-refractivity contribution < 1.29 is 19.0 Å². The van der Waals surface area contributed by atoms with Gasteiger partial charge in [-0.3, -0.25) is 4.79 Å². The molecule has 1 aromatic carbocycles. The Hall–Kier alpha value is -3.13. The van der Waals surface area contributed by atoms with E-state index in [9.17, 15) is 9.59 Å². The highest BCUT2D eigenvalue weighted by Gasteiger charge is 2.19. The average Bonchev–Trinajstić information content (AvgIpc) is 3.03. The third-order valence-electron chi connectivity index (χ3n) is 4.19. The molecule has 2 aromatic heterocycles. The van der Waals surface area contributed by atoms with Crippen LogP contribution in [0, 0.1) is 6.92 Å². The van der Waals surface area contributed by atoms with E-state index in [1.807, 2.05) is 32.0 Å². The fraction of sp³-hybridized carbons (Fsp3) is 0.286. The van der Waals surface area contributed by atoms with E-state index < -0.39 is 5.97 Å². The number of methoxy groups -OCH3 is 2. The Labute approximate surface area is 172 Å². The van der Waals surface area contributed by atoms with Gasteiger partial charge in [-0.1, -0.05) is 12.1 Å². The number of benzene rings is 1. The monoisotopic (exact) mass is 414 g/mol. The number of nitrogens with one attached hydrogen (secondary N) is 1. The molecule has 0 aliphatic rings. The van der Waals surface area contributed by atoms with Crippen molar-refractivity contribution in [3.8, 4) is 11.5 Å². The van der Waals surface area contributed by atoms with Gasteiger partial charge in [0.1, 0.15) is 15.5 Å². The molecule has 7 nitrogen and oxygen atoms in total. The minimum absolute atomic E-state index is 0.0291. The lowest BCUT2D eigenvalue weighted by Gasteiger charge is -2.15. The van der Waals surface area contributed by atoms with E-state index in [4.69, 9.17) is 14.2 Å². The van der Waals surface area contributed by atoms with Crippen LogP contribution in [-0.4, -0.2) is 36.3 Å². The molecule has 8 heteroatoms. The number of H-pyrrole nitrogens is 1. The van der Waals surface area contributed by atoms with Crippen LogP contribution in [0.25, 0.3) is 22.4 Å². The van der Waals surface area contributed by atoms with E-state index in [0.29, 0.717) is 38.0 Å². The van der Waals surface area contributed by atoms with Gasteiger partial charge in [-0.15, -0.1) is 11.3 Å². The van der Waals surface area contributed by atoms with Crippen LogP contribution in [0.5, 0.6) is 11.5 Å². The number of para-hydroxylation sites is 1. The van der Waals surface area contributed by atoms with E-state index in [0.717, 1.165) is 16.9 Å². The second-order valence-electron chi connectivity index (χ2n) is 6.56. The van der Waals surface area contributed by atoms with Crippen LogP contribution in [0.2, 0.25) is 0 Å². The summed E-state index contributed by atoms with van der Waals surface area (Å²) < 4.78 is 16.1. The molecule has 2 heterocycles. The molecule has 0 bridgehead atoms. The van der Waals surface area contributed by atoms with Crippen molar-refractivity contribution in [2.45, 2.75) is 26.9 Å². The number of aryl methyl sites for hydroxylation is 1. The van der Waals surface area contributed by atoms with Crippen molar-refractivity contribution in [2.75, 3.05) is 14.2 Å². The van der Waals surface area contributed by atoms with Crippen molar-refractivity contribution >= 4 is 39.7 Å². The van der Waals surface area contributed by atoms with E-state index in [1.54, 1.807) is 26.2 Å². The Balaban J connectivity index is 2.04. The van der Waals surface area contributed by atoms with Gasteiger partial charge in [-0.25, -0.2) is 9.78 Å². The topological polar surface area (TPSA) is 90.5 Å². The first-order valence-electron chi connectivity index (χ1n) is 8.99. The molecule has 3 rings (SSSR count). The zero-order chi connectivity index (χ0) is 21.1. The predicted octanol–water partition coefficient (Wildman–Crippen LogP) is 4.05. The third-order valence-corrected chi connectivity index (χ3v) is 5.36. The molecule has 0 atom stereocenters. The summed E-state index contributed by atoms with van der Waals surface area (Å²) in [7, 11) is 2.89. The number of aromatic amines is 1. The number of carbonyl (C=O) groups excluding carboxylic acids is 1. The highest BCUT2D eigenvalue weighted by atomic mass is 32.1. The minimum Gasteiger partial charge on any atom is -0.493 e. The minimum atomic E-state index is -0.478. The van der Waals surface area contributed by atoms with E-state index in [-0.39, 0.29) is 11.7 Å². The molecule has 0 saturated heterocycles. The lowest BCUT2D eigenvalue weighted by Crippen LogP contribution is -2.10. The zero-order valence-electron chi connectivity index (χ0n) is 16.9. The molecule has 0 unspecified atom stereocenters. The normalized spacial score (nSPS) is 11.4. The second-order valence-corrected chi connectivity index (χ2v) is 7.56.